The van der Waals surface area contributed by atoms with Gasteiger partial charge in [-0.2, -0.15) is 0 Å². The second-order valence-corrected chi connectivity index (χ2v) is 6.61. The van der Waals surface area contributed by atoms with E-state index < -0.39 is 0 Å². The molecule has 2 aromatic carbocycles. The van der Waals surface area contributed by atoms with E-state index in [4.69, 9.17) is 0 Å². The third kappa shape index (κ3) is 3.02. The fourth-order valence-electron chi connectivity index (χ4n) is 2.21. The Morgan fingerprint density at radius 1 is 0.773 bits per heavy atom. The van der Waals surface area contributed by atoms with Crippen molar-refractivity contribution in [3.8, 4) is 10.6 Å². The minimum Gasteiger partial charge on any atom is -0.330 e. The van der Waals surface area contributed by atoms with Gasteiger partial charge in [0.05, 0.1) is 0 Å². The van der Waals surface area contributed by atoms with Gasteiger partial charge in [0.2, 0.25) is 5.13 Å². The van der Waals surface area contributed by atoms with Crippen LogP contribution in [0, 0.1) is 27.7 Å². The smallest absolute Gasteiger partial charge is 0.210 e. The van der Waals surface area contributed by atoms with Gasteiger partial charge in [-0.25, -0.2) is 0 Å². The first-order valence-corrected chi connectivity index (χ1v) is 8.10. The highest BCUT2D eigenvalue weighted by Crippen LogP contribution is 2.29. The van der Waals surface area contributed by atoms with E-state index in [0.29, 0.717) is 0 Å². The molecular formula is C18H19N3S. The number of rotatable bonds is 3. The maximum atomic E-state index is 4.30. The molecule has 0 fully saturated rings. The Labute approximate surface area is 135 Å². The molecule has 1 N–H and O–H groups in total. The number of hydrogen-bond acceptors (Lipinski definition) is 4. The SMILES string of the molecule is Cc1ccc(Nc2nnc(-c3ccc(C)c(C)c3)s2)cc1C. The van der Waals surface area contributed by atoms with Crippen molar-refractivity contribution in [2.75, 3.05) is 5.32 Å². The molecule has 0 atom stereocenters. The van der Waals surface area contributed by atoms with Crippen LogP contribution >= 0.6 is 11.3 Å². The summed E-state index contributed by atoms with van der Waals surface area (Å²) in [6, 6.07) is 12.7. The van der Waals surface area contributed by atoms with Crippen LogP contribution in [-0.2, 0) is 0 Å². The molecule has 0 radical (unpaired) electrons. The van der Waals surface area contributed by atoms with Crippen LogP contribution in [0.3, 0.4) is 0 Å². The molecule has 0 aliphatic carbocycles. The van der Waals surface area contributed by atoms with Gasteiger partial charge in [0, 0.05) is 11.3 Å². The zero-order valence-electron chi connectivity index (χ0n) is 13.3. The minimum absolute atomic E-state index is 0.816. The summed E-state index contributed by atoms with van der Waals surface area (Å²) in [5.41, 5.74) is 7.29. The van der Waals surface area contributed by atoms with Gasteiger partial charge in [0.1, 0.15) is 5.01 Å². The average molecular weight is 309 g/mol. The normalized spacial score (nSPS) is 10.7. The highest BCUT2D eigenvalue weighted by molar-refractivity contribution is 7.18. The molecule has 3 nitrogen and oxygen atoms in total. The van der Waals surface area contributed by atoms with Gasteiger partial charge >= 0.3 is 0 Å². The molecule has 0 saturated heterocycles. The van der Waals surface area contributed by atoms with Gasteiger partial charge in [-0.1, -0.05) is 29.5 Å². The van der Waals surface area contributed by atoms with Crippen LogP contribution in [0.4, 0.5) is 10.8 Å². The molecule has 22 heavy (non-hydrogen) atoms. The summed E-state index contributed by atoms with van der Waals surface area (Å²) in [4.78, 5) is 0. The average Bonchev–Trinajstić information content (AvgIpc) is 2.94. The molecule has 0 aliphatic rings. The Balaban J connectivity index is 1.84. The molecular weight excluding hydrogens is 290 g/mol. The first-order valence-electron chi connectivity index (χ1n) is 7.28. The van der Waals surface area contributed by atoms with Crippen LogP contribution in [0.2, 0.25) is 0 Å². The van der Waals surface area contributed by atoms with E-state index in [1.165, 1.54) is 22.3 Å². The standard InChI is InChI=1S/C18H19N3S/c1-11-5-7-15(9-13(11)3)17-20-21-18(22-17)19-16-8-6-12(2)14(4)10-16/h5-10H,1-4H3,(H,19,21). The first-order chi connectivity index (χ1) is 10.5. The molecule has 0 unspecified atom stereocenters. The first kappa shape index (κ1) is 14.7. The topological polar surface area (TPSA) is 37.8 Å². The van der Waals surface area contributed by atoms with Gasteiger partial charge in [-0.15, -0.1) is 10.2 Å². The maximum absolute atomic E-state index is 4.30. The van der Waals surface area contributed by atoms with Crippen molar-refractivity contribution in [1.82, 2.24) is 10.2 Å². The monoisotopic (exact) mass is 309 g/mol. The summed E-state index contributed by atoms with van der Waals surface area (Å²) < 4.78 is 0. The lowest BCUT2D eigenvalue weighted by atomic mass is 10.1. The van der Waals surface area contributed by atoms with E-state index in [9.17, 15) is 0 Å². The summed E-state index contributed by atoms with van der Waals surface area (Å²) in [7, 11) is 0. The van der Waals surface area contributed by atoms with Crippen LogP contribution < -0.4 is 5.32 Å². The van der Waals surface area contributed by atoms with Gasteiger partial charge in [-0.05, 0) is 68.1 Å². The minimum atomic E-state index is 0.816. The van der Waals surface area contributed by atoms with Gasteiger partial charge in [0.15, 0.2) is 0 Å². The summed E-state index contributed by atoms with van der Waals surface area (Å²) in [6.45, 7) is 8.46. The Morgan fingerprint density at radius 2 is 1.45 bits per heavy atom. The van der Waals surface area contributed by atoms with Crippen molar-refractivity contribution < 1.29 is 0 Å². The predicted octanol–water partition coefficient (Wildman–Crippen LogP) is 5.18. The van der Waals surface area contributed by atoms with Crippen molar-refractivity contribution in [2.24, 2.45) is 0 Å². The lowest BCUT2D eigenvalue weighted by Gasteiger charge is -2.05. The number of aryl methyl sites for hydroxylation is 4. The third-order valence-corrected chi connectivity index (χ3v) is 4.82. The van der Waals surface area contributed by atoms with E-state index >= 15 is 0 Å². The van der Waals surface area contributed by atoms with Gasteiger partial charge in [0.25, 0.3) is 0 Å². The highest BCUT2D eigenvalue weighted by Gasteiger charge is 2.08. The fraction of sp³-hybridized carbons (Fsp3) is 0.222. The lowest BCUT2D eigenvalue weighted by Crippen LogP contribution is -1.91. The van der Waals surface area contributed by atoms with E-state index in [1.807, 2.05) is 0 Å². The zero-order valence-corrected chi connectivity index (χ0v) is 14.1. The molecule has 0 aliphatic heterocycles. The number of aromatic nitrogens is 2. The Hall–Kier alpha value is -2.20. The van der Waals surface area contributed by atoms with Crippen molar-refractivity contribution in [3.05, 3.63) is 58.7 Å². The highest BCUT2D eigenvalue weighted by atomic mass is 32.1. The van der Waals surface area contributed by atoms with Crippen molar-refractivity contribution in [2.45, 2.75) is 27.7 Å². The fourth-order valence-corrected chi connectivity index (χ4v) is 2.97. The van der Waals surface area contributed by atoms with Crippen molar-refractivity contribution >= 4 is 22.2 Å². The summed E-state index contributed by atoms with van der Waals surface area (Å²) in [5.74, 6) is 0. The molecule has 0 saturated carbocycles. The van der Waals surface area contributed by atoms with E-state index in [1.54, 1.807) is 11.3 Å². The van der Waals surface area contributed by atoms with Crippen LogP contribution in [0.1, 0.15) is 22.3 Å². The van der Waals surface area contributed by atoms with Crippen LogP contribution in [-0.4, -0.2) is 10.2 Å². The third-order valence-electron chi connectivity index (χ3n) is 3.94. The summed E-state index contributed by atoms with van der Waals surface area (Å²) >= 11 is 1.57. The van der Waals surface area contributed by atoms with Gasteiger partial charge < -0.3 is 5.32 Å². The molecule has 1 heterocycles. The van der Waals surface area contributed by atoms with Crippen LogP contribution in [0.5, 0.6) is 0 Å². The second-order valence-electron chi connectivity index (χ2n) is 5.64. The van der Waals surface area contributed by atoms with Crippen molar-refractivity contribution in [1.29, 1.82) is 0 Å². The summed E-state index contributed by atoms with van der Waals surface area (Å²) in [5, 5.41) is 13.6. The molecule has 112 valence electrons. The Morgan fingerprint density at radius 3 is 2.14 bits per heavy atom. The Kier molecular flexibility index (Phi) is 3.94. The van der Waals surface area contributed by atoms with Gasteiger partial charge in [-0.3, -0.25) is 0 Å². The van der Waals surface area contributed by atoms with Crippen molar-refractivity contribution in [3.63, 3.8) is 0 Å². The van der Waals surface area contributed by atoms with E-state index in [2.05, 4.69) is 79.6 Å². The number of nitrogens with one attached hydrogen (secondary N) is 1. The predicted molar refractivity (Wildman–Crippen MR) is 94.0 cm³/mol. The number of benzene rings is 2. The quantitative estimate of drug-likeness (QED) is 0.724. The van der Waals surface area contributed by atoms with Crippen LogP contribution in [0.25, 0.3) is 10.6 Å². The molecule has 0 bridgehead atoms. The van der Waals surface area contributed by atoms with E-state index in [-0.39, 0.29) is 0 Å². The largest absolute Gasteiger partial charge is 0.330 e. The molecule has 3 rings (SSSR count). The molecule has 0 spiro atoms. The molecule has 3 aromatic rings. The maximum Gasteiger partial charge on any atom is 0.210 e. The molecule has 4 heteroatoms. The molecule has 1 aromatic heterocycles. The lowest BCUT2D eigenvalue weighted by molar-refractivity contribution is 1.10. The number of hydrogen-bond donors (Lipinski definition) is 1. The molecule has 0 amide bonds. The number of nitrogens with zero attached hydrogens (tertiary/aromatic N) is 2. The van der Waals surface area contributed by atoms with Crippen LogP contribution in [0.15, 0.2) is 36.4 Å². The van der Waals surface area contributed by atoms with E-state index in [0.717, 1.165) is 21.4 Å². The zero-order chi connectivity index (χ0) is 15.7. The summed E-state index contributed by atoms with van der Waals surface area (Å²) in [6.07, 6.45) is 0. The number of anilines is 2. The second kappa shape index (κ2) is 5.89. The Bertz CT molecular complexity index is 821.